The van der Waals surface area contributed by atoms with Crippen LogP contribution in [0.25, 0.3) is 0 Å². The Morgan fingerprint density at radius 1 is 0.575 bits per heavy atom. The summed E-state index contributed by atoms with van der Waals surface area (Å²) in [4.78, 5) is 56.9. The summed E-state index contributed by atoms with van der Waals surface area (Å²) in [6.45, 7) is 1.30. The number of likely N-dealkylation sites (tertiary alicyclic amines) is 2. The Kier molecular flexibility index (Phi) is 9.14. The summed E-state index contributed by atoms with van der Waals surface area (Å²) in [5, 5.41) is 0. The summed E-state index contributed by atoms with van der Waals surface area (Å²) in [5.74, 6) is -2.06. The van der Waals surface area contributed by atoms with Gasteiger partial charge in [-0.15, -0.1) is 0 Å². The normalized spacial score (nSPS) is 24.5. The maximum Gasteiger partial charge on any atom is 0.329 e. The van der Waals surface area contributed by atoms with Crippen molar-refractivity contribution in [2.45, 2.75) is 76.7 Å². The van der Waals surface area contributed by atoms with Gasteiger partial charge >= 0.3 is 11.9 Å². The second kappa shape index (κ2) is 13.1. The predicted molar refractivity (Wildman–Crippen MR) is 147 cm³/mol. The molecule has 40 heavy (non-hydrogen) atoms. The summed E-state index contributed by atoms with van der Waals surface area (Å²) < 4.78 is 11.1. The minimum atomic E-state index is -0.624. The lowest BCUT2D eigenvalue weighted by atomic mass is 9.77. The third-order valence-electron chi connectivity index (χ3n) is 8.46. The van der Waals surface area contributed by atoms with E-state index in [1.165, 1.54) is 0 Å². The van der Waals surface area contributed by atoms with Crippen molar-refractivity contribution in [3.63, 3.8) is 0 Å². The number of amides is 2. The van der Waals surface area contributed by atoms with Crippen LogP contribution < -0.4 is 0 Å². The molecule has 5 rings (SSSR count). The number of benzene rings is 2. The maximum atomic E-state index is 13.8. The van der Waals surface area contributed by atoms with Crippen molar-refractivity contribution < 1.29 is 28.7 Å². The highest BCUT2D eigenvalue weighted by atomic mass is 16.5. The molecule has 8 nitrogen and oxygen atoms in total. The zero-order valence-corrected chi connectivity index (χ0v) is 22.9. The van der Waals surface area contributed by atoms with Crippen molar-refractivity contribution in [3.05, 3.63) is 71.8 Å². The fourth-order valence-corrected chi connectivity index (χ4v) is 6.35. The SMILES string of the molecule is O=C(OCc1ccccc1)C1CCCN1C(=O)[C@H]1CCCC[C@@H]1C(=O)N1CCC[C@@H]1C(=O)OCc1ccccc1. The van der Waals surface area contributed by atoms with Crippen LogP contribution in [0.2, 0.25) is 0 Å². The lowest BCUT2D eigenvalue weighted by molar-refractivity contribution is -0.160. The highest BCUT2D eigenvalue weighted by Gasteiger charge is 2.46. The second-order valence-corrected chi connectivity index (χ2v) is 11.1. The van der Waals surface area contributed by atoms with Crippen molar-refractivity contribution in [1.29, 1.82) is 0 Å². The third kappa shape index (κ3) is 6.37. The number of nitrogens with zero attached hydrogens (tertiary/aromatic N) is 2. The van der Waals surface area contributed by atoms with Crippen LogP contribution in [-0.4, -0.2) is 58.7 Å². The Bertz CT molecular complexity index is 1090. The quantitative estimate of drug-likeness (QED) is 0.460. The Labute approximate surface area is 235 Å². The molecule has 2 aromatic carbocycles. The van der Waals surface area contributed by atoms with E-state index in [-0.39, 0.29) is 25.0 Å². The Morgan fingerprint density at radius 3 is 1.38 bits per heavy atom. The smallest absolute Gasteiger partial charge is 0.329 e. The first kappa shape index (κ1) is 27.9. The predicted octanol–water partition coefficient (Wildman–Crippen LogP) is 4.26. The van der Waals surface area contributed by atoms with Gasteiger partial charge in [-0.05, 0) is 49.7 Å². The molecule has 2 amide bonds. The molecule has 2 aromatic rings. The molecule has 2 saturated heterocycles. The Morgan fingerprint density at radius 2 is 0.975 bits per heavy atom. The molecular formula is C32H38N2O6. The number of hydrogen-bond donors (Lipinski definition) is 0. The second-order valence-electron chi connectivity index (χ2n) is 11.1. The van der Waals surface area contributed by atoms with Crippen LogP contribution in [0, 0.1) is 11.8 Å². The summed E-state index contributed by atoms with van der Waals surface area (Å²) in [6, 6.07) is 17.7. The first-order chi connectivity index (χ1) is 19.5. The van der Waals surface area contributed by atoms with E-state index in [9.17, 15) is 19.2 Å². The van der Waals surface area contributed by atoms with Gasteiger partial charge in [0.1, 0.15) is 25.3 Å². The van der Waals surface area contributed by atoms with Gasteiger partial charge in [0.2, 0.25) is 11.8 Å². The number of esters is 2. The van der Waals surface area contributed by atoms with E-state index in [0.29, 0.717) is 38.8 Å². The van der Waals surface area contributed by atoms with Crippen molar-refractivity contribution >= 4 is 23.8 Å². The van der Waals surface area contributed by atoms with Crippen LogP contribution in [0.3, 0.4) is 0 Å². The van der Waals surface area contributed by atoms with Gasteiger partial charge in [0.05, 0.1) is 0 Å². The summed E-state index contributed by atoms with van der Waals surface area (Å²) in [6.07, 6.45) is 5.51. The van der Waals surface area contributed by atoms with Gasteiger partial charge in [0.15, 0.2) is 0 Å². The molecule has 1 aliphatic carbocycles. The molecule has 8 heteroatoms. The molecule has 0 aromatic heterocycles. The number of ether oxygens (including phenoxy) is 2. The fraction of sp³-hybridized carbons (Fsp3) is 0.500. The minimum absolute atomic E-state index is 0.139. The van der Waals surface area contributed by atoms with Crippen LogP contribution >= 0.6 is 0 Å². The molecule has 0 N–H and O–H groups in total. The van der Waals surface area contributed by atoms with Crippen molar-refractivity contribution in [1.82, 2.24) is 9.80 Å². The molecule has 2 heterocycles. The van der Waals surface area contributed by atoms with Gasteiger partial charge in [-0.1, -0.05) is 73.5 Å². The van der Waals surface area contributed by atoms with Crippen molar-refractivity contribution in [3.8, 4) is 0 Å². The van der Waals surface area contributed by atoms with E-state index >= 15 is 0 Å². The standard InChI is InChI=1S/C32H38N2O6/c35-29(33-19-9-17-27(33)31(37)39-21-23-11-3-1-4-12-23)25-15-7-8-16-26(25)30(36)34-20-10-18-28(34)32(38)40-22-24-13-5-2-6-14-24/h1-6,11-14,25-28H,7-10,15-22H2/t25-,26-,27+,28?/m0/s1. The van der Waals surface area contributed by atoms with E-state index in [0.717, 1.165) is 36.8 Å². The highest BCUT2D eigenvalue weighted by Crippen LogP contribution is 2.36. The summed E-state index contributed by atoms with van der Waals surface area (Å²) >= 11 is 0. The molecule has 1 saturated carbocycles. The minimum Gasteiger partial charge on any atom is -0.459 e. The van der Waals surface area contributed by atoms with Gasteiger partial charge in [-0.25, -0.2) is 9.59 Å². The number of rotatable bonds is 8. The Hall–Kier alpha value is -3.68. The van der Waals surface area contributed by atoms with E-state index in [1.54, 1.807) is 9.80 Å². The van der Waals surface area contributed by atoms with E-state index < -0.39 is 35.9 Å². The zero-order valence-electron chi connectivity index (χ0n) is 22.9. The molecule has 1 unspecified atom stereocenters. The largest absolute Gasteiger partial charge is 0.459 e. The average Bonchev–Trinajstić information content (AvgIpc) is 3.70. The van der Waals surface area contributed by atoms with E-state index in [1.807, 2.05) is 60.7 Å². The van der Waals surface area contributed by atoms with E-state index in [2.05, 4.69) is 0 Å². The molecule has 3 fully saturated rings. The average molecular weight is 547 g/mol. The van der Waals surface area contributed by atoms with E-state index in [4.69, 9.17) is 9.47 Å². The van der Waals surface area contributed by atoms with Crippen LogP contribution in [0.1, 0.15) is 62.5 Å². The summed E-state index contributed by atoms with van der Waals surface area (Å²) in [7, 11) is 0. The zero-order chi connectivity index (χ0) is 27.9. The molecule has 212 valence electrons. The first-order valence-electron chi connectivity index (χ1n) is 14.5. The van der Waals surface area contributed by atoms with Gasteiger partial charge in [0.25, 0.3) is 0 Å². The van der Waals surface area contributed by atoms with Gasteiger partial charge in [-0.2, -0.15) is 0 Å². The molecule has 0 bridgehead atoms. The lowest BCUT2D eigenvalue weighted by Gasteiger charge is -2.37. The molecular weight excluding hydrogens is 508 g/mol. The number of hydrogen-bond acceptors (Lipinski definition) is 6. The van der Waals surface area contributed by atoms with Crippen LogP contribution in [0.5, 0.6) is 0 Å². The van der Waals surface area contributed by atoms with Crippen LogP contribution in [0.15, 0.2) is 60.7 Å². The third-order valence-corrected chi connectivity index (χ3v) is 8.46. The monoisotopic (exact) mass is 546 g/mol. The van der Waals surface area contributed by atoms with Crippen LogP contribution in [0.4, 0.5) is 0 Å². The van der Waals surface area contributed by atoms with Crippen LogP contribution in [-0.2, 0) is 41.9 Å². The first-order valence-corrected chi connectivity index (χ1v) is 14.5. The molecule has 3 aliphatic rings. The Balaban J connectivity index is 1.22. The fourth-order valence-electron chi connectivity index (χ4n) is 6.35. The van der Waals surface area contributed by atoms with Gasteiger partial charge in [-0.3, -0.25) is 9.59 Å². The molecule has 2 aliphatic heterocycles. The number of carbonyl (C=O) groups excluding carboxylic acids is 4. The molecule has 4 atom stereocenters. The van der Waals surface area contributed by atoms with Crippen molar-refractivity contribution in [2.24, 2.45) is 11.8 Å². The lowest BCUT2D eigenvalue weighted by Crippen LogP contribution is -2.51. The van der Waals surface area contributed by atoms with Gasteiger partial charge in [0, 0.05) is 24.9 Å². The maximum absolute atomic E-state index is 13.8. The molecule has 0 radical (unpaired) electrons. The van der Waals surface area contributed by atoms with Gasteiger partial charge < -0.3 is 19.3 Å². The van der Waals surface area contributed by atoms with Crippen molar-refractivity contribution in [2.75, 3.05) is 13.1 Å². The summed E-state index contributed by atoms with van der Waals surface area (Å²) in [5.41, 5.74) is 1.79. The highest BCUT2D eigenvalue weighted by molar-refractivity contribution is 5.92. The molecule has 0 spiro atoms. The topological polar surface area (TPSA) is 93.2 Å². The number of carbonyl (C=O) groups is 4.